The van der Waals surface area contributed by atoms with Crippen molar-refractivity contribution >= 4 is 5.91 Å². The second kappa shape index (κ2) is 9.11. The molecule has 1 aliphatic heterocycles. The first-order chi connectivity index (χ1) is 11.5. The van der Waals surface area contributed by atoms with E-state index < -0.39 is 6.10 Å². The number of aliphatic hydroxyl groups excluding tert-OH is 1. The van der Waals surface area contributed by atoms with E-state index in [0.29, 0.717) is 19.0 Å². The molecule has 1 fully saturated rings. The molecule has 1 amide bonds. The number of amides is 1. The normalized spacial score (nSPS) is 17.9. The van der Waals surface area contributed by atoms with Crippen LogP contribution in [0.3, 0.4) is 0 Å². The van der Waals surface area contributed by atoms with Crippen LogP contribution in [0.2, 0.25) is 0 Å². The number of piperidine rings is 1. The van der Waals surface area contributed by atoms with Crippen LogP contribution in [-0.4, -0.2) is 67.6 Å². The fraction of sp³-hybridized carbons (Fsp3) is 0.611. The number of carbonyl (C=O) groups excluding carboxylic acids is 1. The van der Waals surface area contributed by atoms with Gasteiger partial charge in [-0.15, -0.1) is 0 Å². The van der Waals surface area contributed by atoms with Crippen LogP contribution in [0.25, 0.3) is 0 Å². The van der Waals surface area contributed by atoms with E-state index in [1.807, 2.05) is 7.05 Å². The molecule has 0 radical (unpaired) electrons. The number of likely N-dealkylation sites (N-methyl/N-ethyl adjacent to an activating group) is 2. The van der Waals surface area contributed by atoms with Gasteiger partial charge >= 0.3 is 0 Å². The van der Waals surface area contributed by atoms with Gasteiger partial charge in [0, 0.05) is 20.1 Å². The lowest BCUT2D eigenvalue weighted by molar-refractivity contribution is -0.122. The molecule has 0 spiro atoms. The van der Waals surface area contributed by atoms with Crippen LogP contribution < -0.4 is 5.32 Å². The minimum atomic E-state index is -0.607. The quantitative estimate of drug-likeness (QED) is 0.786. The van der Waals surface area contributed by atoms with Crippen LogP contribution in [0.15, 0.2) is 24.3 Å². The van der Waals surface area contributed by atoms with Gasteiger partial charge < -0.3 is 15.3 Å². The summed E-state index contributed by atoms with van der Waals surface area (Å²) in [5, 5.41) is 12.9. The summed E-state index contributed by atoms with van der Waals surface area (Å²) in [7, 11) is 3.67. The molecule has 1 unspecified atom stereocenters. The predicted octanol–water partition coefficient (Wildman–Crippen LogP) is 1.25. The van der Waals surface area contributed by atoms with Gasteiger partial charge in [0.1, 0.15) is 5.82 Å². The van der Waals surface area contributed by atoms with Crippen molar-refractivity contribution in [3.63, 3.8) is 0 Å². The average molecular weight is 337 g/mol. The molecule has 1 saturated heterocycles. The molecule has 1 atom stereocenters. The Kier molecular flexibility index (Phi) is 7.15. The number of halogens is 1. The molecular formula is C18H28FN3O2. The van der Waals surface area contributed by atoms with E-state index >= 15 is 0 Å². The Labute approximate surface area is 143 Å². The summed E-state index contributed by atoms with van der Waals surface area (Å²) in [6.07, 6.45) is 1.52. The highest BCUT2D eigenvalue weighted by molar-refractivity contribution is 5.77. The van der Waals surface area contributed by atoms with Crippen molar-refractivity contribution in [2.24, 2.45) is 5.92 Å². The molecule has 1 heterocycles. The van der Waals surface area contributed by atoms with E-state index in [4.69, 9.17) is 0 Å². The third kappa shape index (κ3) is 5.85. The third-order valence-electron chi connectivity index (χ3n) is 4.66. The second-order valence-corrected chi connectivity index (χ2v) is 6.68. The Morgan fingerprint density at radius 2 is 2.00 bits per heavy atom. The van der Waals surface area contributed by atoms with E-state index in [1.165, 1.54) is 12.1 Å². The van der Waals surface area contributed by atoms with Crippen molar-refractivity contribution in [2.45, 2.75) is 18.9 Å². The van der Waals surface area contributed by atoms with Crippen molar-refractivity contribution in [3.05, 3.63) is 35.6 Å². The smallest absolute Gasteiger partial charge is 0.233 e. The molecule has 0 aromatic heterocycles. The second-order valence-electron chi connectivity index (χ2n) is 6.68. The van der Waals surface area contributed by atoms with Gasteiger partial charge in [0.2, 0.25) is 5.91 Å². The van der Waals surface area contributed by atoms with E-state index in [-0.39, 0.29) is 11.7 Å². The maximum atomic E-state index is 12.9. The van der Waals surface area contributed by atoms with Crippen molar-refractivity contribution in [1.82, 2.24) is 15.1 Å². The molecule has 0 saturated carbocycles. The standard InChI is InChI=1S/C18H28FN3O2/c1-20-18(24)13-22-9-7-14(8-10-22)11-21(2)12-17(23)15-3-5-16(19)6-4-15/h3-6,14,17,23H,7-13H2,1-2H3,(H,20,24). The number of likely N-dealkylation sites (tertiary alicyclic amines) is 1. The van der Waals surface area contributed by atoms with Gasteiger partial charge in [0.05, 0.1) is 12.6 Å². The largest absolute Gasteiger partial charge is 0.387 e. The van der Waals surface area contributed by atoms with E-state index in [1.54, 1.807) is 19.2 Å². The highest BCUT2D eigenvalue weighted by atomic mass is 19.1. The number of aliphatic hydroxyl groups is 1. The van der Waals surface area contributed by atoms with Crippen LogP contribution in [-0.2, 0) is 4.79 Å². The zero-order valence-corrected chi connectivity index (χ0v) is 14.5. The van der Waals surface area contributed by atoms with Crippen molar-refractivity contribution < 1.29 is 14.3 Å². The minimum absolute atomic E-state index is 0.0630. The minimum Gasteiger partial charge on any atom is -0.387 e. The number of nitrogens with one attached hydrogen (secondary N) is 1. The van der Waals surface area contributed by atoms with Gasteiger partial charge in [-0.1, -0.05) is 12.1 Å². The van der Waals surface area contributed by atoms with Crippen molar-refractivity contribution in [2.75, 3.05) is 46.8 Å². The Balaban J connectivity index is 1.72. The van der Waals surface area contributed by atoms with Crippen LogP contribution in [0.5, 0.6) is 0 Å². The lowest BCUT2D eigenvalue weighted by Gasteiger charge is -2.33. The maximum absolute atomic E-state index is 12.9. The monoisotopic (exact) mass is 337 g/mol. The van der Waals surface area contributed by atoms with Gasteiger partial charge in [-0.2, -0.15) is 0 Å². The fourth-order valence-electron chi connectivity index (χ4n) is 3.21. The van der Waals surface area contributed by atoms with E-state index in [9.17, 15) is 14.3 Å². The molecule has 0 aliphatic carbocycles. The summed E-state index contributed by atoms with van der Waals surface area (Å²) in [6, 6.07) is 6.01. The molecule has 1 aromatic rings. The van der Waals surface area contributed by atoms with Gasteiger partial charge in [-0.3, -0.25) is 9.69 Å². The first-order valence-corrected chi connectivity index (χ1v) is 8.53. The number of nitrogens with zero attached hydrogens (tertiary/aromatic N) is 2. The summed E-state index contributed by atoms with van der Waals surface area (Å²) >= 11 is 0. The third-order valence-corrected chi connectivity index (χ3v) is 4.66. The fourth-order valence-corrected chi connectivity index (χ4v) is 3.21. The highest BCUT2D eigenvalue weighted by Gasteiger charge is 2.22. The molecule has 2 rings (SSSR count). The Morgan fingerprint density at radius 1 is 1.38 bits per heavy atom. The van der Waals surface area contributed by atoms with Crippen LogP contribution in [0.4, 0.5) is 4.39 Å². The molecule has 1 aromatic carbocycles. The SMILES string of the molecule is CNC(=O)CN1CCC(CN(C)CC(O)c2ccc(F)cc2)CC1. The first kappa shape index (κ1) is 18.8. The Morgan fingerprint density at radius 3 is 2.58 bits per heavy atom. The Hall–Kier alpha value is -1.50. The molecule has 2 N–H and O–H groups in total. The summed E-state index contributed by atoms with van der Waals surface area (Å²) in [4.78, 5) is 15.7. The van der Waals surface area contributed by atoms with Gasteiger partial charge in [-0.25, -0.2) is 4.39 Å². The summed E-state index contributed by atoms with van der Waals surface area (Å²) < 4.78 is 12.9. The number of carbonyl (C=O) groups is 1. The topological polar surface area (TPSA) is 55.8 Å². The predicted molar refractivity (Wildman–Crippen MR) is 92.1 cm³/mol. The molecule has 5 nitrogen and oxygen atoms in total. The number of hydrogen-bond donors (Lipinski definition) is 2. The zero-order valence-electron chi connectivity index (χ0n) is 14.5. The molecule has 24 heavy (non-hydrogen) atoms. The van der Waals surface area contributed by atoms with Crippen molar-refractivity contribution in [1.29, 1.82) is 0 Å². The maximum Gasteiger partial charge on any atom is 0.233 e. The number of hydrogen-bond acceptors (Lipinski definition) is 4. The molecular weight excluding hydrogens is 309 g/mol. The van der Waals surface area contributed by atoms with Gasteiger partial charge in [0.15, 0.2) is 0 Å². The lowest BCUT2D eigenvalue weighted by atomic mass is 9.96. The van der Waals surface area contributed by atoms with Crippen molar-refractivity contribution in [3.8, 4) is 0 Å². The van der Waals surface area contributed by atoms with Gasteiger partial charge in [0.25, 0.3) is 0 Å². The zero-order chi connectivity index (χ0) is 17.5. The van der Waals surface area contributed by atoms with Crippen LogP contribution in [0.1, 0.15) is 24.5 Å². The van der Waals surface area contributed by atoms with E-state index in [0.717, 1.165) is 38.0 Å². The first-order valence-electron chi connectivity index (χ1n) is 8.53. The number of benzene rings is 1. The van der Waals surface area contributed by atoms with Crippen LogP contribution >= 0.6 is 0 Å². The summed E-state index contributed by atoms with van der Waals surface area (Å²) in [5.41, 5.74) is 0.739. The average Bonchev–Trinajstić information content (AvgIpc) is 2.57. The number of rotatable bonds is 7. The Bertz CT molecular complexity index is 516. The molecule has 1 aliphatic rings. The highest BCUT2D eigenvalue weighted by Crippen LogP contribution is 2.20. The van der Waals surface area contributed by atoms with Gasteiger partial charge in [-0.05, 0) is 56.6 Å². The lowest BCUT2D eigenvalue weighted by Crippen LogP contribution is -2.42. The van der Waals surface area contributed by atoms with E-state index in [2.05, 4.69) is 15.1 Å². The summed E-state index contributed by atoms with van der Waals surface area (Å²) in [5.74, 6) is 0.354. The molecule has 0 bridgehead atoms. The molecule has 6 heteroatoms. The summed E-state index contributed by atoms with van der Waals surface area (Å²) in [6.45, 7) is 3.80. The molecule has 134 valence electrons. The van der Waals surface area contributed by atoms with Crippen LogP contribution in [0, 0.1) is 11.7 Å².